The number of anilines is 2. The van der Waals surface area contributed by atoms with Crippen LogP contribution < -0.4 is 22.7 Å². The Morgan fingerprint density at radius 1 is 0.976 bits per heavy atom. The number of aliphatic hydroxyl groups is 5. The molecule has 0 amide bonds. The van der Waals surface area contributed by atoms with E-state index in [1.54, 1.807) is 0 Å². The highest BCUT2D eigenvalue weighted by atomic mass is 31.2. The summed E-state index contributed by atoms with van der Waals surface area (Å²) in [6.07, 6.45) is -7.68. The molecule has 2 aliphatic heterocycles. The first kappa shape index (κ1) is 30.6. The van der Waals surface area contributed by atoms with E-state index in [4.69, 9.17) is 35.8 Å². The van der Waals surface area contributed by atoms with Crippen LogP contribution in [0.2, 0.25) is 0 Å². The van der Waals surface area contributed by atoms with Gasteiger partial charge in [-0.15, -0.1) is 0 Å². The van der Waals surface area contributed by atoms with E-state index >= 15 is 0 Å². The summed E-state index contributed by atoms with van der Waals surface area (Å²) in [6.45, 7) is -1.08. The van der Waals surface area contributed by atoms with Crippen LogP contribution in [-0.2, 0) is 18.6 Å². The zero-order valence-corrected chi connectivity index (χ0v) is 21.6. The molecule has 41 heavy (non-hydrogen) atoms. The lowest BCUT2D eigenvalue weighted by Crippen LogP contribution is -2.36. The maximum atomic E-state index is 11.8. The Labute approximate surface area is 227 Å². The van der Waals surface area contributed by atoms with Crippen LogP contribution in [-0.4, -0.2) is 114 Å². The molecule has 5 rings (SSSR count). The lowest BCUT2D eigenvalue weighted by molar-refractivity contribution is -0.0549. The first-order chi connectivity index (χ1) is 19.2. The number of aromatic nitrogens is 6. The molecule has 3 aromatic heterocycles. The molecule has 5 heterocycles. The van der Waals surface area contributed by atoms with Crippen molar-refractivity contribution in [1.29, 1.82) is 0 Å². The van der Waals surface area contributed by atoms with Gasteiger partial charge in [0.2, 0.25) is 5.95 Å². The number of nitrogens with two attached hydrogens (primary N) is 2. The van der Waals surface area contributed by atoms with Crippen LogP contribution in [0.1, 0.15) is 12.5 Å². The maximum Gasteiger partial charge on any atom is 0.470 e. The molecule has 2 saturated heterocycles. The van der Waals surface area contributed by atoms with Gasteiger partial charge >= 0.3 is 13.5 Å². The molecule has 2 aliphatic rings. The van der Waals surface area contributed by atoms with Crippen molar-refractivity contribution in [1.82, 2.24) is 29.1 Å². The average Bonchev–Trinajstić information content (AvgIpc) is 3.53. The molecule has 8 atom stereocenters. The highest BCUT2D eigenvalue weighted by Gasteiger charge is 2.48. The van der Waals surface area contributed by atoms with E-state index in [-0.39, 0.29) is 22.9 Å². The van der Waals surface area contributed by atoms with Crippen molar-refractivity contribution in [3.63, 3.8) is 0 Å². The molecule has 0 aliphatic carbocycles. The molecule has 3 aromatic rings. The second-order valence-corrected chi connectivity index (χ2v) is 10.0. The summed E-state index contributed by atoms with van der Waals surface area (Å²) in [5.74, 6) is -0.156. The summed E-state index contributed by atoms with van der Waals surface area (Å²) < 4.78 is 28.4. The van der Waals surface area contributed by atoms with Gasteiger partial charge in [-0.1, -0.05) is 0 Å². The Hall–Kier alpha value is -3.34. The van der Waals surface area contributed by atoms with Gasteiger partial charge in [0.05, 0.1) is 19.5 Å². The van der Waals surface area contributed by atoms with Gasteiger partial charge in [0.1, 0.15) is 42.4 Å². The molecule has 2 fully saturated rings. The normalized spacial score (nSPS) is 29.9. The molecular weight excluding hydrogens is 579 g/mol. The minimum absolute atomic E-state index is 0.0358. The topological polar surface area (TPSA) is 337 Å². The number of phosphoric ester groups is 1. The Morgan fingerprint density at radius 2 is 1.61 bits per heavy atom. The van der Waals surface area contributed by atoms with Gasteiger partial charge in [0, 0.05) is 6.20 Å². The molecule has 0 spiro atoms. The standard InChI is InChI=1S/C10H14N5O8P.C9H13N3O5/c11-10-13-7-4(8(18)14-10)12-2-15(7)9-6(23-24(19,20)21)5(17)3(1-16)22-9;10-5-1-2-12(9(16)11-5)8-7(15)6(14)4(3-13)17-8/h2-3,5-6,9,16-17H,1H2,(H2,19,20,21)(H3,11,13,14,18);1-2,4,6-8,13-15H,3H2,(H2,10,11,16)/t3-,5-,6-,9-;4-,6-,7-,8-/m11/s1. The number of nitrogen functional groups attached to an aromatic ring is 2. The molecule has 22 heteroatoms. The van der Waals surface area contributed by atoms with Crippen molar-refractivity contribution in [2.24, 2.45) is 0 Å². The number of ether oxygens (including phenoxy) is 2. The smallest absolute Gasteiger partial charge is 0.394 e. The number of H-pyrrole nitrogens is 1. The maximum absolute atomic E-state index is 11.8. The van der Waals surface area contributed by atoms with Gasteiger partial charge < -0.3 is 56.3 Å². The first-order valence-corrected chi connectivity index (χ1v) is 13.2. The van der Waals surface area contributed by atoms with Crippen LogP contribution in [0.4, 0.5) is 11.8 Å². The molecule has 226 valence electrons. The zero-order valence-electron chi connectivity index (χ0n) is 20.7. The van der Waals surface area contributed by atoms with Crippen LogP contribution in [0.5, 0.6) is 0 Å². The molecule has 12 N–H and O–H groups in total. The highest BCUT2D eigenvalue weighted by molar-refractivity contribution is 7.46. The Bertz CT molecular complexity index is 1540. The quantitative estimate of drug-likeness (QED) is 0.117. The van der Waals surface area contributed by atoms with Crippen LogP contribution in [0.3, 0.4) is 0 Å². The van der Waals surface area contributed by atoms with Gasteiger partial charge in [-0.3, -0.25) is 23.4 Å². The van der Waals surface area contributed by atoms with Crippen LogP contribution in [0.15, 0.2) is 28.2 Å². The summed E-state index contributed by atoms with van der Waals surface area (Å²) in [5.41, 5.74) is 9.35. The van der Waals surface area contributed by atoms with E-state index in [1.165, 1.54) is 12.3 Å². The molecular formula is C19H27N8O13P. The molecule has 0 aromatic carbocycles. The summed E-state index contributed by atoms with van der Waals surface area (Å²) in [5, 5.41) is 47.4. The number of hydrogen-bond acceptors (Lipinski definition) is 16. The number of phosphoric acid groups is 1. The summed E-state index contributed by atoms with van der Waals surface area (Å²) in [6, 6.07) is 1.37. The fraction of sp³-hybridized carbons (Fsp3) is 0.526. The van der Waals surface area contributed by atoms with Crippen molar-refractivity contribution in [2.45, 2.75) is 49.1 Å². The summed E-state index contributed by atoms with van der Waals surface area (Å²) >= 11 is 0. The summed E-state index contributed by atoms with van der Waals surface area (Å²) in [7, 11) is -4.98. The van der Waals surface area contributed by atoms with E-state index in [9.17, 15) is 34.6 Å². The van der Waals surface area contributed by atoms with Crippen LogP contribution in [0.25, 0.3) is 11.2 Å². The first-order valence-electron chi connectivity index (χ1n) is 11.6. The third-order valence-electron chi connectivity index (χ3n) is 6.12. The van der Waals surface area contributed by atoms with Gasteiger partial charge in [0.15, 0.2) is 23.6 Å². The number of aliphatic hydroxyl groups excluding tert-OH is 5. The van der Waals surface area contributed by atoms with E-state index in [1.807, 2.05) is 0 Å². The van der Waals surface area contributed by atoms with E-state index < -0.39 is 81.4 Å². The lowest BCUT2D eigenvalue weighted by Gasteiger charge is -2.22. The fourth-order valence-corrected chi connectivity index (χ4v) is 4.77. The third kappa shape index (κ3) is 6.29. The van der Waals surface area contributed by atoms with E-state index in [0.717, 1.165) is 15.5 Å². The molecule has 0 saturated carbocycles. The van der Waals surface area contributed by atoms with Crippen molar-refractivity contribution < 1.29 is 53.9 Å². The second-order valence-electron chi connectivity index (χ2n) is 8.85. The minimum Gasteiger partial charge on any atom is -0.394 e. The van der Waals surface area contributed by atoms with Crippen LogP contribution >= 0.6 is 7.82 Å². The number of fused-ring (bicyclic) bond motifs is 1. The Kier molecular flexibility index (Phi) is 8.87. The summed E-state index contributed by atoms with van der Waals surface area (Å²) in [4.78, 5) is 54.8. The SMILES string of the molecule is Nc1ccn([C@@H]2O[C@H](CO)[C@@H](O)[C@H]2O)c(=O)n1.Nc1nc2c(ncn2[C@@H]2O[C@H](CO)[C@@H](O)[C@H]2OP(=O)(O)O)c(=O)[nH]1. The Balaban J connectivity index is 0.000000201. The van der Waals surface area contributed by atoms with Gasteiger partial charge in [-0.2, -0.15) is 9.97 Å². The molecule has 0 unspecified atom stereocenters. The van der Waals surface area contributed by atoms with E-state index in [0.29, 0.717) is 0 Å². The highest BCUT2D eigenvalue weighted by Crippen LogP contribution is 2.45. The lowest BCUT2D eigenvalue weighted by atomic mass is 10.1. The monoisotopic (exact) mass is 606 g/mol. The van der Waals surface area contributed by atoms with Gasteiger partial charge in [-0.25, -0.2) is 14.3 Å². The predicted molar refractivity (Wildman–Crippen MR) is 132 cm³/mol. The minimum atomic E-state index is -4.98. The average molecular weight is 606 g/mol. The van der Waals surface area contributed by atoms with Gasteiger partial charge in [-0.05, 0) is 6.07 Å². The van der Waals surface area contributed by atoms with Crippen molar-refractivity contribution in [3.05, 3.63) is 39.4 Å². The number of aromatic amines is 1. The molecule has 0 radical (unpaired) electrons. The zero-order chi connectivity index (χ0) is 30.2. The van der Waals surface area contributed by atoms with Crippen LogP contribution in [0, 0.1) is 0 Å². The number of nitrogens with zero attached hydrogens (tertiary/aromatic N) is 5. The predicted octanol–water partition coefficient (Wildman–Crippen LogP) is -5.13. The Morgan fingerprint density at radius 3 is 2.20 bits per heavy atom. The number of imidazole rings is 1. The molecule has 21 nitrogen and oxygen atoms in total. The molecule has 0 bridgehead atoms. The fourth-order valence-electron chi connectivity index (χ4n) is 4.22. The largest absolute Gasteiger partial charge is 0.470 e. The second kappa shape index (κ2) is 11.9. The van der Waals surface area contributed by atoms with Gasteiger partial charge in [0.25, 0.3) is 5.56 Å². The van der Waals surface area contributed by atoms with Crippen molar-refractivity contribution in [2.75, 3.05) is 24.7 Å². The van der Waals surface area contributed by atoms with Crippen molar-refractivity contribution >= 4 is 30.8 Å². The van der Waals surface area contributed by atoms with Crippen molar-refractivity contribution in [3.8, 4) is 0 Å². The number of rotatable bonds is 6. The number of hydrogen-bond donors (Lipinski definition) is 10. The van der Waals surface area contributed by atoms with E-state index in [2.05, 4.69) is 24.5 Å². The third-order valence-corrected chi connectivity index (χ3v) is 6.64. The number of nitrogens with one attached hydrogen (secondary N) is 1.